The van der Waals surface area contributed by atoms with Crippen molar-refractivity contribution in [2.24, 2.45) is 5.92 Å². The van der Waals surface area contributed by atoms with E-state index in [9.17, 15) is 9.59 Å². The van der Waals surface area contributed by atoms with E-state index in [-0.39, 0.29) is 30.4 Å². The van der Waals surface area contributed by atoms with Crippen LogP contribution < -0.4 is 4.90 Å². The third-order valence-corrected chi connectivity index (χ3v) is 5.33. The minimum absolute atomic E-state index is 0.0210. The molecule has 0 saturated carbocycles. The lowest BCUT2D eigenvalue weighted by Crippen LogP contribution is -2.49. The maximum absolute atomic E-state index is 12.7. The molecule has 27 heavy (non-hydrogen) atoms. The summed E-state index contributed by atoms with van der Waals surface area (Å²) < 4.78 is 5.88. The summed E-state index contributed by atoms with van der Waals surface area (Å²) >= 11 is 0. The molecule has 2 amide bonds. The third-order valence-electron chi connectivity index (χ3n) is 5.33. The van der Waals surface area contributed by atoms with Crippen molar-refractivity contribution < 1.29 is 14.3 Å². The standard InChI is InChI=1S/C21H23N3O3/c25-20(12-16-6-9-22-10-7-16)23-11-8-19-17(13-23)14-24(21(26)15-27-19)18-4-2-1-3-5-18/h1-7,9-10,17,19H,8,11-15H2/t17-,19+/m1/s1. The lowest BCUT2D eigenvalue weighted by atomic mass is 9.93. The molecule has 2 fully saturated rings. The number of carbonyl (C=O) groups excluding carboxylic acids is 2. The number of anilines is 1. The molecule has 2 aromatic rings. The largest absolute Gasteiger partial charge is 0.368 e. The summed E-state index contributed by atoms with van der Waals surface area (Å²) in [6.45, 7) is 1.96. The van der Waals surface area contributed by atoms with Gasteiger partial charge in [-0.05, 0) is 36.2 Å². The minimum atomic E-state index is -0.0229. The molecule has 2 atom stereocenters. The van der Waals surface area contributed by atoms with Crippen LogP contribution in [0.4, 0.5) is 5.69 Å². The molecule has 2 aliphatic rings. The number of hydrogen-bond donors (Lipinski definition) is 0. The molecule has 4 rings (SSSR count). The van der Waals surface area contributed by atoms with E-state index >= 15 is 0 Å². The van der Waals surface area contributed by atoms with Crippen molar-refractivity contribution in [3.8, 4) is 0 Å². The van der Waals surface area contributed by atoms with Crippen molar-refractivity contribution in [3.63, 3.8) is 0 Å². The average molecular weight is 365 g/mol. The summed E-state index contributed by atoms with van der Waals surface area (Å²) in [5.74, 6) is 0.207. The van der Waals surface area contributed by atoms with Crippen LogP contribution in [0.25, 0.3) is 0 Å². The van der Waals surface area contributed by atoms with Gasteiger partial charge in [0, 0.05) is 43.6 Å². The molecule has 3 heterocycles. The van der Waals surface area contributed by atoms with Gasteiger partial charge in [0.1, 0.15) is 6.61 Å². The second kappa shape index (κ2) is 7.88. The fraction of sp³-hybridized carbons (Fsp3) is 0.381. The topological polar surface area (TPSA) is 62.7 Å². The quantitative estimate of drug-likeness (QED) is 0.834. The van der Waals surface area contributed by atoms with Crippen LogP contribution in [0.15, 0.2) is 54.9 Å². The highest BCUT2D eigenvalue weighted by atomic mass is 16.5. The molecule has 0 unspecified atom stereocenters. The van der Waals surface area contributed by atoms with Crippen molar-refractivity contribution in [3.05, 3.63) is 60.4 Å². The normalized spacial score (nSPS) is 22.9. The highest BCUT2D eigenvalue weighted by Crippen LogP contribution is 2.27. The molecule has 6 heteroatoms. The Morgan fingerprint density at radius 2 is 1.89 bits per heavy atom. The predicted octanol–water partition coefficient (Wildman–Crippen LogP) is 1.90. The summed E-state index contributed by atoms with van der Waals surface area (Å²) in [7, 11) is 0. The van der Waals surface area contributed by atoms with Crippen molar-refractivity contribution in [2.75, 3.05) is 31.1 Å². The number of rotatable bonds is 3. The zero-order chi connectivity index (χ0) is 18.6. The van der Waals surface area contributed by atoms with E-state index in [0.717, 1.165) is 17.7 Å². The predicted molar refractivity (Wildman–Crippen MR) is 101 cm³/mol. The van der Waals surface area contributed by atoms with Gasteiger partial charge < -0.3 is 14.5 Å². The Balaban J connectivity index is 1.46. The lowest BCUT2D eigenvalue weighted by molar-refractivity contribution is -0.136. The van der Waals surface area contributed by atoms with Crippen LogP contribution in [-0.4, -0.2) is 54.0 Å². The van der Waals surface area contributed by atoms with Gasteiger partial charge in [0.25, 0.3) is 5.91 Å². The van der Waals surface area contributed by atoms with E-state index in [2.05, 4.69) is 4.98 Å². The van der Waals surface area contributed by atoms with E-state index in [4.69, 9.17) is 4.74 Å². The number of aromatic nitrogens is 1. The molecule has 140 valence electrons. The number of carbonyl (C=O) groups is 2. The van der Waals surface area contributed by atoms with Crippen LogP contribution in [0.5, 0.6) is 0 Å². The maximum atomic E-state index is 12.7. The number of likely N-dealkylation sites (tertiary alicyclic amines) is 1. The summed E-state index contributed by atoms with van der Waals surface area (Å²) in [5, 5.41) is 0. The smallest absolute Gasteiger partial charge is 0.252 e. The van der Waals surface area contributed by atoms with Crippen LogP contribution in [0, 0.1) is 5.92 Å². The first-order valence-electron chi connectivity index (χ1n) is 9.34. The second-order valence-electron chi connectivity index (χ2n) is 7.11. The molecule has 6 nitrogen and oxygen atoms in total. The van der Waals surface area contributed by atoms with Crippen molar-refractivity contribution in [2.45, 2.75) is 18.9 Å². The number of ether oxygens (including phenoxy) is 1. The zero-order valence-electron chi connectivity index (χ0n) is 15.2. The van der Waals surface area contributed by atoms with Gasteiger partial charge in [-0.3, -0.25) is 14.6 Å². The van der Waals surface area contributed by atoms with Crippen molar-refractivity contribution >= 4 is 17.5 Å². The number of amides is 2. The summed E-state index contributed by atoms with van der Waals surface area (Å²) in [6, 6.07) is 13.4. The maximum Gasteiger partial charge on any atom is 0.252 e. The molecule has 2 aliphatic heterocycles. The molecule has 1 aromatic heterocycles. The van der Waals surface area contributed by atoms with Crippen LogP contribution in [0.1, 0.15) is 12.0 Å². The third kappa shape index (κ3) is 4.01. The fourth-order valence-corrected chi connectivity index (χ4v) is 3.87. The summed E-state index contributed by atoms with van der Waals surface area (Å²) in [4.78, 5) is 33.0. The Bertz CT molecular complexity index is 797. The van der Waals surface area contributed by atoms with Gasteiger partial charge in [-0.25, -0.2) is 0 Å². The van der Waals surface area contributed by atoms with Crippen LogP contribution in [0.3, 0.4) is 0 Å². The monoisotopic (exact) mass is 365 g/mol. The highest BCUT2D eigenvalue weighted by Gasteiger charge is 2.37. The summed E-state index contributed by atoms with van der Waals surface area (Å²) in [6.07, 6.45) is 4.58. The van der Waals surface area contributed by atoms with E-state index in [0.29, 0.717) is 26.1 Å². The Morgan fingerprint density at radius 1 is 1.11 bits per heavy atom. The minimum Gasteiger partial charge on any atom is -0.368 e. The molecule has 0 spiro atoms. The molecular weight excluding hydrogens is 342 g/mol. The molecular formula is C21H23N3O3. The first kappa shape index (κ1) is 17.7. The lowest BCUT2D eigenvalue weighted by Gasteiger charge is -2.38. The number of pyridine rings is 1. The van der Waals surface area contributed by atoms with Crippen LogP contribution in [0.2, 0.25) is 0 Å². The Hall–Kier alpha value is -2.73. The van der Waals surface area contributed by atoms with Gasteiger partial charge in [0.05, 0.1) is 12.5 Å². The van der Waals surface area contributed by atoms with Crippen LogP contribution >= 0.6 is 0 Å². The van der Waals surface area contributed by atoms with Crippen molar-refractivity contribution in [1.82, 2.24) is 9.88 Å². The second-order valence-corrected chi connectivity index (χ2v) is 7.11. The van der Waals surface area contributed by atoms with Gasteiger partial charge in [-0.1, -0.05) is 18.2 Å². The van der Waals surface area contributed by atoms with Crippen LogP contribution in [-0.2, 0) is 20.7 Å². The number of piperidine rings is 1. The SMILES string of the molecule is O=C(Cc1ccncc1)N1CC[C@@H]2OCC(=O)N(c3ccccc3)C[C@H]2C1. The van der Waals surface area contributed by atoms with E-state index in [1.807, 2.05) is 47.4 Å². The van der Waals surface area contributed by atoms with Gasteiger partial charge in [0.15, 0.2) is 0 Å². The Kier molecular flexibility index (Phi) is 5.16. The number of nitrogens with zero attached hydrogens (tertiary/aromatic N) is 3. The number of benzene rings is 1. The molecule has 2 saturated heterocycles. The summed E-state index contributed by atoms with van der Waals surface area (Å²) in [5.41, 5.74) is 1.85. The van der Waals surface area contributed by atoms with E-state index < -0.39 is 0 Å². The zero-order valence-corrected chi connectivity index (χ0v) is 15.2. The molecule has 0 N–H and O–H groups in total. The fourth-order valence-electron chi connectivity index (χ4n) is 3.87. The average Bonchev–Trinajstić information content (AvgIpc) is 2.88. The van der Waals surface area contributed by atoms with E-state index in [1.54, 1.807) is 17.3 Å². The number of para-hydroxylation sites is 1. The van der Waals surface area contributed by atoms with Gasteiger partial charge >= 0.3 is 0 Å². The van der Waals surface area contributed by atoms with Crippen molar-refractivity contribution in [1.29, 1.82) is 0 Å². The highest BCUT2D eigenvalue weighted by molar-refractivity contribution is 5.94. The Morgan fingerprint density at radius 3 is 2.67 bits per heavy atom. The van der Waals surface area contributed by atoms with E-state index in [1.165, 1.54) is 0 Å². The number of hydrogen-bond acceptors (Lipinski definition) is 4. The Labute approximate surface area is 158 Å². The van der Waals surface area contributed by atoms with Gasteiger partial charge in [-0.15, -0.1) is 0 Å². The first-order chi connectivity index (χ1) is 13.2. The first-order valence-corrected chi connectivity index (χ1v) is 9.34. The molecule has 1 aromatic carbocycles. The molecule has 0 radical (unpaired) electrons. The van der Waals surface area contributed by atoms with Gasteiger partial charge in [0.2, 0.25) is 5.91 Å². The molecule has 0 aliphatic carbocycles. The number of fused-ring (bicyclic) bond motifs is 1. The van der Waals surface area contributed by atoms with Gasteiger partial charge in [-0.2, -0.15) is 0 Å². The molecule has 0 bridgehead atoms.